The molecule has 1 aliphatic heterocycles. The average Bonchev–Trinajstić information content (AvgIpc) is 2.48. The monoisotopic (exact) mass is 283 g/mol. The highest BCUT2D eigenvalue weighted by molar-refractivity contribution is 6.66. The fourth-order valence-corrected chi connectivity index (χ4v) is 2.21. The maximum absolute atomic E-state index is 6.28. The van der Waals surface area contributed by atoms with Crippen molar-refractivity contribution >= 4 is 24.2 Å². The third kappa shape index (κ3) is 2.65. The van der Waals surface area contributed by atoms with Gasteiger partial charge in [0.2, 0.25) is 0 Å². The molecule has 2 rings (SSSR count). The molecule has 19 heavy (non-hydrogen) atoms. The highest BCUT2D eigenvalue weighted by Gasteiger charge is 2.52. The summed E-state index contributed by atoms with van der Waals surface area (Å²) < 4.78 is 17.2. The fourth-order valence-electron chi connectivity index (χ4n) is 1.95. The van der Waals surface area contributed by atoms with Gasteiger partial charge in [-0.05, 0) is 33.8 Å². The molecule has 0 spiro atoms. The van der Waals surface area contributed by atoms with Gasteiger partial charge in [0.05, 0.1) is 23.5 Å². The van der Waals surface area contributed by atoms with E-state index in [9.17, 15) is 0 Å². The van der Waals surface area contributed by atoms with Gasteiger partial charge in [-0.2, -0.15) is 0 Å². The number of hydrogen-bond donors (Lipinski definition) is 0. The highest BCUT2D eigenvalue weighted by Crippen LogP contribution is 2.37. The lowest BCUT2D eigenvalue weighted by atomic mass is 9.77. The van der Waals surface area contributed by atoms with Crippen LogP contribution in [0.1, 0.15) is 33.4 Å². The van der Waals surface area contributed by atoms with Gasteiger partial charge in [0.1, 0.15) is 0 Å². The molecule has 1 aromatic rings. The van der Waals surface area contributed by atoms with Crippen molar-refractivity contribution < 1.29 is 14.0 Å². The first kappa shape index (κ1) is 14.8. The van der Waals surface area contributed by atoms with Crippen LogP contribution >= 0.6 is 11.6 Å². The number of ether oxygens (including phenoxy) is 1. The number of halogens is 1. The molecule has 1 fully saturated rings. The molecule has 0 bridgehead atoms. The summed E-state index contributed by atoms with van der Waals surface area (Å²) in [5.41, 5.74) is 0.695. The zero-order valence-electron chi connectivity index (χ0n) is 12.0. The number of nitrogens with zero attached hydrogens (tertiary/aromatic N) is 1. The van der Waals surface area contributed by atoms with E-state index in [0.29, 0.717) is 11.6 Å². The molecule has 104 valence electrons. The smallest absolute Gasteiger partial charge is 0.399 e. The van der Waals surface area contributed by atoms with Gasteiger partial charge in [-0.25, -0.2) is 0 Å². The average molecular weight is 284 g/mol. The summed E-state index contributed by atoms with van der Waals surface area (Å²) in [7, 11) is 1.10. The quantitative estimate of drug-likeness (QED) is 0.797. The third-order valence-corrected chi connectivity index (χ3v) is 4.12. The Balaban J connectivity index is 2.39. The van der Waals surface area contributed by atoms with E-state index in [-0.39, 0.29) is 0 Å². The van der Waals surface area contributed by atoms with Gasteiger partial charge in [-0.15, -0.1) is 0 Å². The van der Waals surface area contributed by atoms with E-state index < -0.39 is 18.3 Å². The van der Waals surface area contributed by atoms with Crippen molar-refractivity contribution in [1.82, 2.24) is 4.98 Å². The Labute approximate surface area is 119 Å². The van der Waals surface area contributed by atoms with Gasteiger partial charge in [-0.3, -0.25) is 4.98 Å². The van der Waals surface area contributed by atoms with Crippen molar-refractivity contribution in [2.45, 2.75) is 45.5 Å². The van der Waals surface area contributed by atoms with Gasteiger partial charge in [0.15, 0.2) is 0 Å². The molecule has 0 saturated carbocycles. The number of pyridine rings is 1. The molecule has 4 nitrogen and oxygen atoms in total. The second-order valence-electron chi connectivity index (χ2n) is 5.67. The maximum Gasteiger partial charge on any atom is 0.498 e. The molecule has 0 atom stereocenters. The fraction of sp³-hybridized carbons (Fsp3) is 0.615. The zero-order valence-corrected chi connectivity index (χ0v) is 12.7. The normalized spacial score (nSPS) is 20.8. The first-order chi connectivity index (χ1) is 8.78. The zero-order chi connectivity index (χ0) is 14.3. The Morgan fingerprint density at radius 1 is 1.26 bits per heavy atom. The molecule has 1 aliphatic rings. The standard InChI is InChI=1S/C13H19BClNO3/c1-12(2)13(3,4)19-14(18-12)11-9(15)6-7-16-10(11)8-17-5/h6-7H,8H2,1-5H3. The van der Waals surface area contributed by atoms with Crippen LogP contribution in [0, 0.1) is 0 Å². The highest BCUT2D eigenvalue weighted by atomic mass is 35.5. The Morgan fingerprint density at radius 3 is 2.37 bits per heavy atom. The van der Waals surface area contributed by atoms with Crippen LogP contribution in [0.15, 0.2) is 12.3 Å². The van der Waals surface area contributed by atoms with Gasteiger partial charge in [0, 0.05) is 23.8 Å². The molecule has 6 heteroatoms. The number of methoxy groups -OCH3 is 1. The van der Waals surface area contributed by atoms with Crippen LogP contribution < -0.4 is 5.46 Å². The van der Waals surface area contributed by atoms with Crippen molar-refractivity contribution in [3.8, 4) is 0 Å². The number of aromatic nitrogens is 1. The van der Waals surface area contributed by atoms with E-state index in [1.54, 1.807) is 19.4 Å². The van der Waals surface area contributed by atoms with E-state index in [0.717, 1.165) is 11.2 Å². The minimum atomic E-state index is -0.517. The summed E-state index contributed by atoms with van der Waals surface area (Å²) in [5.74, 6) is 0. The molecule has 2 heterocycles. The summed E-state index contributed by atoms with van der Waals surface area (Å²) in [6.45, 7) is 8.40. The molecular formula is C13H19BClNO3. The summed E-state index contributed by atoms with van der Waals surface area (Å²) in [6.07, 6.45) is 1.66. The Hall–Kier alpha value is -0.615. The lowest BCUT2D eigenvalue weighted by Gasteiger charge is -2.32. The van der Waals surface area contributed by atoms with Crippen LogP contribution in [-0.4, -0.2) is 30.4 Å². The Morgan fingerprint density at radius 2 is 1.84 bits per heavy atom. The number of hydrogen-bond acceptors (Lipinski definition) is 4. The van der Waals surface area contributed by atoms with Gasteiger partial charge >= 0.3 is 7.12 Å². The molecule has 1 aromatic heterocycles. The first-order valence-electron chi connectivity index (χ1n) is 6.26. The van der Waals surface area contributed by atoms with Gasteiger partial charge in [0.25, 0.3) is 0 Å². The molecule has 0 N–H and O–H groups in total. The van der Waals surface area contributed by atoms with E-state index in [2.05, 4.69) is 4.98 Å². The third-order valence-electron chi connectivity index (χ3n) is 3.79. The molecule has 0 unspecified atom stereocenters. The van der Waals surface area contributed by atoms with Crippen LogP contribution in [0.2, 0.25) is 5.02 Å². The maximum atomic E-state index is 6.28. The van der Waals surface area contributed by atoms with Crippen molar-refractivity contribution in [3.05, 3.63) is 23.0 Å². The predicted molar refractivity (Wildman–Crippen MR) is 75.7 cm³/mol. The van der Waals surface area contributed by atoms with Gasteiger partial charge in [-0.1, -0.05) is 11.6 Å². The van der Waals surface area contributed by atoms with Crippen LogP contribution in [0.3, 0.4) is 0 Å². The molecule has 0 amide bonds. The molecule has 0 aromatic carbocycles. The summed E-state index contributed by atoms with van der Waals surface area (Å²) in [4.78, 5) is 4.30. The molecule has 0 radical (unpaired) electrons. The SMILES string of the molecule is COCc1nccc(Cl)c1B1OC(C)(C)C(C)(C)O1. The molecule has 1 saturated heterocycles. The van der Waals surface area contributed by atoms with Crippen molar-refractivity contribution in [2.75, 3.05) is 7.11 Å². The van der Waals surface area contributed by atoms with E-state index >= 15 is 0 Å². The predicted octanol–water partition coefficient (Wildman–Crippen LogP) is 2.18. The van der Waals surface area contributed by atoms with Crippen LogP contribution in [-0.2, 0) is 20.7 Å². The summed E-state index contributed by atoms with van der Waals surface area (Å²) in [5, 5.41) is 0.584. The van der Waals surface area contributed by atoms with E-state index in [1.165, 1.54) is 0 Å². The lowest BCUT2D eigenvalue weighted by molar-refractivity contribution is 0.00578. The van der Waals surface area contributed by atoms with Crippen LogP contribution in [0.25, 0.3) is 0 Å². The minimum absolute atomic E-state index is 0.375. The van der Waals surface area contributed by atoms with Crippen LogP contribution in [0.5, 0.6) is 0 Å². The first-order valence-corrected chi connectivity index (χ1v) is 6.64. The van der Waals surface area contributed by atoms with Gasteiger partial charge < -0.3 is 14.0 Å². The number of rotatable bonds is 3. The summed E-state index contributed by atoms with van der Waals surface area (Å²) in [6, 6.07) is 1.74. The lowest BCUT2D eigenvalue weighted by Crippen LogP contribution is -2.41. The van der Waals surface area contributed by atoms with E-state index in [4.69, 9.17) is 25.6 Å². The second-order valence-corrected chi connectivity index (χ2v) is 6.08. The topological polar surface area (TPSA) is 40.6 Å². The van der Waals surface area contributed by atoms with E-state index in [1.807, 2.05) is 27.7 Å². The van der Waals surface area contributed by atoms with Crippen molar-refractivity contribution in [1.29, 1.82) is 0 Å². The molecule has 0 aliphatic carbocycles. The Bertz CT molecular complexity index is 463. The second kappa shape index (κ2) is 5.06. The minimum Gasteiger partial charge on any atom is -0.399 e. The largest absolute Gasteiger partial charge is 0.498 e. The molecular weight excluding hydrogens is 264 g/mol. The Kier molecular flexibility index (Phi) is 3.93. The summed E-state index contributed by atoms with van der Waals surface area (Å²) >= 11 is 6.28. The van der Waals surface area contributed by atoms with Crippen LogP contribution in [0.4, 0.5) is 0 Å². The van der Waals surface area contributed by atoms with Crippen molar-refractivity contribution in [3.63, 3.8) is 0 Å². The van der Waals surface area contributed by atoms with Crippen molar-refractivity contribution in [2.24, 2.45) is 0 Å².